The number of ketones is 1. The number of benzene rings is 2. The first kappa shape index (κ1) is 67.7. The van der Waals surface area contributed by atoms with E-state index in [0.717, 1.165) is 53.3 Å². The van der Waals surface area contributed by atoms with Crippen LogP contribution in [0.4, 0.5) is 0 Å². The normalized spacial score (nSPS) is 27.9. The second-order valence-electron chi connectivity index (χ2n) is 27.8. The van der Waals surface area contributed by atoms with Gasteiger partial charge >= 0.3 is 5.97 Å². The molecule has 0 spiro atoms. The lowest BCUT2D eigenvalue weighted by atomic mass is 9.88. The highest BCUT2D eigenvalue weighted by Crippen LogP contribution is 2.43. The molecule has 2 aliphatic rings. The van der Waals surface area contributed by atoms with Crippen molar-refractivity contribution < 1.29 is 36.8 Å². The van der Waals surface area contributed by atoms with Crippen LogP contribution in [-0.4, -0.2) is 88.3 Å². The Morgan fingerprint density at radius 1 is 0.679 bits per heavy atom. The smallest absolute Gasteiger partial charge is 0.333 e. The van der Waals surface area contributed by atoms with Crippen LogP contribution < -0.4 is 10.4 Å². The predicted octanol–water partition coefficient (Wildman–Crippen LogP) is 16.6. The van der Waals surface area contributed by atoms with Crippen LogP contribution in [0, 0.1) is 17.8 Å². The molecule has 2 aliphatic heterocycles. The highest BCUT2D eigenvalue weighted by molar-refractivity contribution is 6.99. The Bertz CT molecular complexity index is 2270. The summed E-state index contributed by atoms with van der Waals surface area (Å²) in [6.45, 7) is 51.8. The van der Waals surface area contributed by atoms with Crippen LogP contribution in [0.2, 0.25) is 59.4 Å². The second kappa shape index (κ2) is 28.5. The van der Waals surface area contributed by atoms with Crippen LogP contribution in [0.1, 0.15) is 163 Å². The molecule has 2 aromatic rings. The molecule has 2 heterocycles. The molecule has 0 aromatic heterocycles. The number of hydrogen-bond acceptors (Lipinski definition) is 8. The molecular weight excluding hydrogens is 1030 g/mol. The number of hydrogen-bond donors (Lipinski definition) is 0. The number of esters is 1. The highest BCUT2D eigenvalue weighted by atomic mass is 28.4. The Hall–Kier alpha value is -2.79. The molecular formula is C66H110O8Si4. The van der Waals surface area contributed by atoms with E-state index in [4.69, 9.17) is 27.2 Å². The molecule has 4 rings (SSSR count). The summed E-state index contributed by atoms with van der Waals surface area (Å²) < 4.78 is 43.3. The van der Waals surface area contributed by atoms with E-state index in [1.807, 2.05) is 13.0 Å². The van der Waals surface area contributed by atoms with Gasteiger partial charge in [0, 0.05) is 12.0 Å². The summed E-state index contributed by atoms with van der Waals surface area (Å²) in [6.07, 6.45) is 11.0. The minimum absolute atomic E-state index is 0.0283. The Morgan fingerprint density at radius 2 is 1.22 bits per heavy atom. The average molecular weight is 1140 g/mol. The van der Waals surface area contributed by atoms with Crippen molar-refractivity contribution in [3.63, 3.8) is 0 Å². The van der Waals surface area contributed by atoms with Gasteiger partial charge < -0.3 is 27.2 Å². The largest absolute Gasteiger partial charge is 0.457 e. The molecule has 0 aliphatic carbocycles. The zero-order chi connectivity index (χ0) is 58.7. The molecule has 1 fully saturated rings. The van der Waals surface area contributed by atoms with E-state index >= 15 is 4.79 Å². The van der Waals surface area contributed by atoms with Crippen molar-refractivity contribution in [1.82, 2.24) is 0 Å². The number of allylic oxidation sites excluding steroid dienone is 5. The van der Waals surface area contributed by atoms with Crippen LogP contribution in [0.3, 0.4) is 0 Å². The molecule has 9 atom stereocenters. The summed E-state index contributed by atoms with van der Waals surface area (Å²) in [6, 6.07) is 23.9. The van der Waals surface area contributed by atoms with Crippen LogP contribution in [-0.2, 0) is 36.8 Å². The summed E-state index contributed by atoms with van der Waals surface area (Å²) in [5.74, 6) is -0.0956. The van der Waals surface area contributed by atoms with Crippen LogP contribution >= 0.6 is 0 Å². The van der Waals surface area contributed by atoms with Crippen molar-refractivity contribution in [2.45, 2.75) is 259 Å². The van der Waals surface area contributed by atoms with Crippen LogP contribution in [0.25, 0.3) is 0 Å². The Morgan fingerprint density at radius 3 is 1.73 bits per heavy atom. The number of carbonyl (C=O) groups excluding carboxylic acids is 2. The van der Waals surface area contributed by atoms with Crippen LogP contribution in [0.5, 0.6) is 0 Å². The Labute approximate surface area is 480 Å². The molecule has 0 bridgehead atoms. The minimum atomic E-state index is -3.08. The van der Waals surface area contributed by atoms with E-state index < -0.39 is 51.6 Å². The topological polar surface area (TPSA) is 92.8 Å². The van der Waals surface area contributed by atoms with Crippen molar-refractivity contribution in [3.05, 3.63) is 108 Å². The number of carbonyl (C=O) groups is 2. The standard InChI is InChI=1S/C66H110O8Si4/c1-23-77(24-2,25-3)74-62-58(67)46-54(72-75(19,20)64(10,11)12)44-52(8)51(7)42-48(4)41-49(5)43-60-59(71-60)40-34-26-29-35-50(6)63(68)70-55(45-53(9)61(62)73-76(21,22)65(13,14)15)47-69-78(66(16,17)18,56-36-30-27-31-37-56)57-38-32-28-33-39-57/h27-28,30-40,42,49,52-55,59-62H,4,23-26,29,41,43-47H2,1-3,5-22H3/b40-34+,50-35+,51-42+/t49-,52+,53-,54?,55-,59+,60+,61+,62+/m1/s1. The van der Waals surface area contributed by atoms with E-state index in [1.54, 1.807) is 0 Å². The van der Waals surface area contributed by atoms with Gasteiger partial charge in [-0.25, -0.2) is 4.79 Å². The fourth-order valence-electron chi connectivity index (χ4n) is 10.9. The van der Waals surface area contributed by atoms with Gasteiger partial charge in [0.2, 0.25) is 0 Å². The van der Waals surface area contributed by atoms with Gasteiger partial charge in [-0.15, -0.1) is 0 Å². The molecule has 12 heteroatoms. The van der Waals surface area contributed by atoms with Crippen molar-refractivity contribution in [1.29, 1.82) is 0 Å². The summed E-state index contributed by atoms with van der Waals surface area (Å²) in [5, 5.41) is 1.74. The molecule has 0 amide bonds. The molecule has 1 saturated heterocycles. The third-order valence-electron chi connectivity index (χ3n) is 18.4. The van der Waals surface area contributed by atoms with Gasteiger partial charge in [-0.1, -0.05) is 207 Å². The van der Waals surface area contributed by atoms with Crippen molar-refractivity contribution in [2.24, 2.45) is 17.8 Å². The molecule has 1 unspecified atom stereocenters. The average Bonchev–Trinajstić information content (AvgIpc) is 4.10. The third-order valence-corrected chi connectivity index (χ3v) is 37.0. The van der Waals surface area contributed by atoms with Gasteiger partial charge in [0.05, 0.1) is 24.9 Å². The van der Waals surface area contributed by atoms with Gasteiger partial charge in [0.25, 0.3) is 8.32 Å². The zero-order valence-corrected chi connectivity index (χ0v) is 57.0. The minimum Gasteiger partial charge on any atom is -0.457 e. The molecule has 2 aromatic carbocycles. The number of epoxide rings is 1. The fraction of sp³-hybridized carbons (Fsp3) is 0.667. The number of cyclic esters (lactones) is 1. The molecule has 0 saturated carbocycles. The number of rotatable bonds is 14. The van der Waals surface area contributed by atoms with Gasteiger partial charge in [0.15, 0.2) is 30.7 Å². The lowest BCUT2D eigenvalue weighted by Gasteiger charge is -2.46. The lowest BCUT2D eigenvalue weighted by Crippen LogP contribution is -2.67. The Balaban J connectivity index is 1.98. The van der Waals surface area contributed by atoms with E-state index in [0.29, 0.717) is 30.8 Å². The predicted molar refractivity (Wildman–Crippen MR) is 339 cm³/mol. The Kier molecular flexibility index (Phi) is 24.7. The second-order valence-corrected chi connectivity index (χ2v) is 46.3. The van der Waals surface area contributed by atoms with Crippen molar-refractivity contribution >= 4 is 55.4 Å². The fourth-order valence-corrected chi connectivity index (χ4v) is 21.0. The molecule has 78 heavy (non-hydrogen) atoms. The van der Waals surface area contributed by atoms with Crippen molar-refractivity contribution in [2.75, 3.05) is 6.61 Å². The first-order valence-electron chi connectivity index (χ1n) is 30.0. The quantitative estimate of drug-likeness (QED) is 0.0799. The molecule has 8 nitrogen and oxygen atoms in total. The monoisotopic (exact) mass is 1140 g/mol. The SMILES string of the molecule is C=C1/C=C(\C)[C@@H](C)CC(O[Si](C)(C)C(C)(C)C)CC(=O)[C@H](O[Si](CC)(CC)CC)[C@@H](O[Si](C)(C)C(C)(C)C)[C@H](C)C[C@H](CO[Si](c2ccccc2)(c2ccccc2)C(C)(C)C)OC(=O)/C(C)=C/CC/C=C/[C@@H]2O[C@H]2C[C@H](C)C1. The number of fused-ring (bicyclic) bond motifs is 1. The van der Waals surface area contributed by atoms with Gasteiger partial charge in [-0.2, -0.15) is 0 Å². The zero-order valence-electron chi connectivity index (χ0n) is 53.0. The van der Waals surface area contributed by atoms with Gasteiger partial charge in [-0.3, -0.25) is 4.79 Å². The van der Waals surface area contributed by atoms with E-state index in [9.17, 15) is 4.79 Å². The van der Waals surface area contributed by atoms with Gasteiger partial charge in [0.1, 0.15) is 18.3 Å². The van der Waals surface area contributed by atoms with Crippen molar-refractivity contribution in [3.8, 4) is 0 Å². The summed E-state index contributed by atoms with van der Waals surface area (Å²) >= 11 is 0. The highest BCUT2D eigenvalue weighted by Gasteiger charge is 2.52. The maximum absolute atomic E-state index is 16.1. The maximum Gasteiger partial charge on any atom is 0.333 e. The third kappa shape index (κ3) is 18.4. The van der Waals surface area contributed by atoms with E-state index in [1.165, 1.54) is 5.57 Å². The number of ether oxygens (including phenoxy) is 2. The first-order valence-corrected chi connectivity index (χ1v) is 40.3. The lowest BCUT2D eigenvalue weighted by molar-refractivity contribution is -0.148. The summed E-state index contributed by atoms with van der Waals surface area (Å²) in [5.41, 5.74) is 2.92. The number of Topliss-reactive ketones (excluding diaryl/α,β-unsaturated/α-hetero) is 1. The summed E-state index contributed by atoms with van der Waals surface area (Å²) in [4.78, 5) is 30.7. The van der Waals surface area contributed by atoms with Crippen LogP contribution in [0.15, 0.2) is 108 Å². The molecule has 0 N–H and O–H groups in total. The van der Waals surface area contributed by atoms with Gasteiger partial charge in [-0.05, 0) is 140 Å². The molecule has 438 valence electrons. The maximum atomic E-state index is 16.1. The molecule has 0 radical (unpaired) electrons. The van der Waals surface area contributed by atoms with E-state index in [2.05, 4.69) is 222 Å². The first-order chi connectivity index (χ1) is 36.2. The summed E-state index contributed by atoms with van der Waals surface area (Å²) in [7, 11) is -10.6. The van der Waals surface area contributed by atoms with E-state index in [-0.39, 0.29) is 70.0 Å².